The molecule has 0 heterocycles. The lowest BCUT2D eigenvalue weighted by Gasteiger charge is -2.16. The predicted molar refractivity (Wildman–Crippen MR) is 79.1 cm³/mol. The predicted octanol–water partition coefficient (Wildman–Crippen LogP) is 4.79. The van der Waals surface area contributed by atoms with Crippen molar-refractivity contribution in [2.75, 3.05) is 6.61 Å². The van der Waals surface area contributed by atoms with E-state index in [1.54, 1.807) is 6.07 Å². The van der Waals surface area contributed by atoms with Gasteiger partial charge < -0.3 is 5.11 Å². The Morgan fingerprint density at radius 3 is 2.29 bits per heavy atom. The van der Waals surface area contributed by atoms with Crippen LogP contribution in [0.1, 0.15) is 22.6 Å². The number of hydrogen-bond acceptors (Lipinski definition) is 1. The Bertz CT molecular complexity index is 593. The summed E-state index contributed by atoms with van der Waals surface area (Å²) in [4.78, 5) is 0. The lowest BCUT2D eigenvalue weighted by atomic mass is 9.92. The van der Waals surface area contributed by atoms with Crippen LogP contribution in [0.3, 0.4) is 0 Å². The molecule has 0 aliphatic carbocycles. The average molecular weight is 359 g/mol. The number of rotatable bonds is 4. The molecular formula is C16H14BrF3O. The second-order valence-electron chi connectivity index (χ2n) is 4.83. The molecule has 2 rings (SSSR count). The van der Waals surface area contributed by atoms with E-state index in [2.05, 4.69) is 15.9 Å². The van der Waals surface area contributed by atoms with E-state index in [1.807, 2.05) is 24.3 Å². The highest BCUT2D eigenvalue weighted by Crippen LogP contribution is 2.31. The Kier molecular flexibility index (Phi) is 5.06. The molecule has 0 spiro atoms. The third-order valence-corrected chi connectivity index (χ3v) is 3.83. The van der Waals surface area contributed by atoms with Gasteiger partial charge in [0, 0.05) is 10.4 Å². The fraction of sp³-hybridized carbons (Fsp3) is 0.250. The summed E-state index contributed by atoms with van der Waals surface area (Å²) >= 11 is 3.33. The summed E-state index contributed by atoms with van der Waals surface area (Å²) < 4.78 is 39.0. The second-order valence-corrected chi connectivity index (χ2v) is 5.75. The summed E-state index contributed by atoms with van der Waals surface area (Å²) in [6.07, 6.45) is -3.98. The lowest BCUT2D eigenvalue weighted by molar-refractivity contribution is -0.137. The van der Waals surface area contributed by atoms with Gasteiger partial charge in [-0.25, -0.2) is 0 Å². The normalized spacial score (nSPS) is 13.2. The van der Waals surface area contributed by atoms with E-state index in [-0.39, 0.29) is 12.5 Å². The van der Waals surface area contributed by atoms with Gasteiger partial charge in [0.05, 0.1) is 12.2 Å². The van der Waals surface area contributed by atoms with Crippen molar-refractivity contribution in [1.29, 1.82) is 0 Å². The van der Waals surface area contributed by atoms with Gasteiger partial charge in [0.2, 0.25) is 0 Å². The topological polar surface area (TPSA) is 20.2 Å². The zero-order chi connectivity index (χ0) is 15.5. The van der Waals surface area contributed by atoms with E-state index in [0.717, 1.165) is 22.2 Å². The van der Waals surface area contributed by atoms with Crippen LogP contribution in [0, 0.1) is 0 Å². The third-order valence-electron chi connectivity index (χ3n) is 3.30. The zero-order valence-electron chi connectivity index (χ0n) is 11.1. The SMILES string of the molecule is OCC(Cc1cccc(C(F)(F)F)c1)c1ccc(Br)cc1. The van der Waals surface area contributed by atoms with Gasteiger partial charge in [0.1, 0.15) is 0 Å². The summed E-state index contributed by atoms with van der Waals surface area (Å²) in [6, 6.07) is 12.7. The number of alkyl halides is 3. The molecule has 112 valence electrons. The largest absolute Gasteiger partial charge is 0.416 e. The second kappa shape index (κ2) is 6.62. The Morgan fingerprint density at radius 1 is 1.05 bits per heavy atom. The van der Waals surface area contributed by atoms with E-state index in [1.165, 1.54) is 6.07 Å². The molecule has 2 aromatic carbocycles. The summed E-state index contributed by atoms with van der Waals surface area (Å²) in [5, 5.41) is 9.51. The van der Waals surface area contributed by atoms with Crippen molar-refractivity contribution in [2.45, 2.75) is 18.5 Å². The van der Waals surface area contributed by atoms with Crippen LogP contribution in [0.4, 0.5) is 13.2 Å². The van der Waals surface area contributed by atoms with E-state index in [9.17, 15) is 18.3 Å². The molecular weight excluding hydrogens is 345 g/mol. The molecule has 1 atom stereocenters. The van der Waals surface area contributed by atoms with Gasteiger partial charge in [-0.1, -0.05) is 46.3 Å². The van der Waals surface area contributed by atoms with Crippen LogP contribution < -0.4 is 0 Å². The highest BCUT2D eigenvalue weighted by molar-refractivity contribution is 9.10. The molecule has 0 saturated heterocycles. The number of benzene rings is 2. The molecule has 0 aliphatic heterocycles. The van der Waals surface area contributed by atoms with Crippen molar-refractivity contribution in [1.82, 2.24) is 0 Å². The van der Waals surface area contributed by atoms with Gasteiger partial charge >= 0.3 is 6.18 Å². The quantitative estimate of drug-likeness (QED) is 0.833. The molecule has 0 aromatic heterocycles. The van der Waals surface area contributed by atoms with Crippen molar-refractivity contribution >= 4 is 15.9 Å². The maximum absolute atomic E-state index is 12.7. The first-order valence-electron chi connectivity index (χ1n) is 6.42. The highest BCUT2D eigenvalue weighted by atomic mass is 79.9. The van der Waals surface area contributed by atoms with Gasteiger partial charge in [-0.3, -0.25) is 0 Å². The van der Waals surface area contributed by atoms with Crippen LogP contribution in [-0.2, 0) is 12.6 Å². The van der Waals surface area contributed by atoms with Crippen molar-refractivity contribution < 1.29 is 18.3 Å². The van der Waals surface area contributed by atoms with Gasteiger partial charge in [-0.05, 0) is 35.7 Å². The Labute approximate surface area is 129 Å². The molecule has 0 amide bonds. The molecule has 1 N–H and O–H groups in total. The van der Waals surface area contributed by atoms with Gasteiger partial charge in [-0.15, -0.1) is 0 Å². The molecule has 2 aromatic rings. The maximum Gasteiger partial charge on any atom is 0.416 e. The maximum atomic E-state index is 12.7. The lowest BCUT2D eigenvalue weighted by Crippen LogP contribution is -2.10. The van der Waals surface area contributed by atoms with Crippen LogP contribution in [0.25, 0.3) is 0 Å². The summed E-state index contributed by atoms with van der Waals surface area (Å²) in [5.74, 6) is -0.221. The number of halogens is 4. The number of aliphatic hydroxyl groups is 1. The fourth-order valence-corrected chi connectivity index (χ4v) is 2.45. The molecule has 21 heavy (non-hydrogen) atoms. The van der Waals surface area contributed by atoms with Crippen molar-refractivity contribution in [3.05, 3.63) is 69.7 Å². The first-order valence-corrected chi connectivity index (χ1v) is 7.22. The molecule has 0 saturated carbocycles. The zero-order valence-corrected chi connectivity index (χ0v) is 12.7. The van der Waals surface area contributed by atoms with Crippen LogP contribution in [0.5, 0.6) is 0 Å². The van der Waals surface area contributed by atoms with Crippen LogP contribution >= 0.6 is 15.9 Å². The molecule has 5 heteroatoms. The van der Waals surface area contributed by atoms with E-state index < -0.39 is 11.7 Å². The van der Waals surface area contributed by atoms with Crippen molar-refractivity contribution in [3.8, 4) is 0 Å². The molecule has 0 aliphatic rings. The Balaban J connectivity index is 2.21. The first kappa shape index (κ1) is 16.0. The molecule has 0 bridgehead atoms. The Hall–Kier alpha value is -1.33. The van der Waals surface area contributed by atoms with Gasteiger partial charge in [0.15, 0.2) is 0 Å². The fourth-order valence-electron chi connectivity index (χ4n) is 2.18. The molecule has 1 unspecified atom stereocenters. The molecule has 0 fully saturated rings. The standard InChI is InChI=1S/C16H14BrF3O/c17-15-6-4-12(5-7-15)13(10-21)8-11-2-1-3-14(9-11)16(18,19)20/h1-7,9,13,21H,8,10H2. The number of aliphatic hydroxyl groups excluding tert-OH is 1. The smallest absolute Gasteiger partial charge is 0.396 e. The average Bonchev–Trinajstić information content (AvgIpc) is 2.45. The van der Waals surface area contributed by atoms with E-state index in [4.69, 9.17) is 0 Å². The van der Waals surface area contributed by atoms with Gasteiger partial charge in [0.25, 0.3) is 0 Å². The Morgan fingerprint density at radius 2 is 1.71 bits per heavy atom. The summed E-state index contributed by atoms with van der Waals surface area (Å²) in [7, 11) is 0. The summed E-state index contributed by atoms with van der Waals surface area (Å²) in [6.45, 7) is -0.113. The minimum atomic E-state index is -4.34. The summed E-state index contributed by atoms with van der Waals surface area (Å²) in [5.41, 5.74) is 0.803. The minimum Gasteiger partial charge on any atom is -0.396 e. The minimum absolute atomic E-state index is 0.113. The molecule has 1 nitrogen and oxygen atoms in total. The van der Waals surface area contributed by atoms with Crippen LogP contribution in [-0.4, -0.2) is 11.7 Å². The van der Waals surface area contributed by atoms with Crippen molar-refractivity contribution in [3.63, 3.8) is 0 Å². The van der Waals surface area contributed by atoms with E-state index in [0.29, 0.717) is 12.0 Å². The van der Waals surface area contributed by atoms with Crippen LogP contribution in [0.2, 0.25) is 0 Å². The van der Waals surface area contributed by atoms with Crippen molar-refractivity contribution in [2.24, 2.45) is 0 Å². The highest BCUT2D eigenvalue weighted by Gasteiger charge is 2.30. The first-order chi connectivity index (χ1) is 9.90. The monoisotopic (exact) mass is 358 g/mol. The van der Waals surface area contributed by atoms with E-state index >= 15 is 0 Å². The van der Waals surface area contributed by atoms with Crippen LogP contribution in [0.15, 0.2) is 53.0 Å². The third kappa shape index (κ3) is 4.32. The molecule has 0 radical (unpaired) electrons. The van der Waals surface area contributed by atoms with Gasteiger partial charge in [-0.2, -0.15) is 13.2 Å². The number of hydrogen-bond donors (Lipinski definition) is 1.